The molecule has 0 amide bonds. The van der Waals surface area contributed by atoms with Crippen molar-refractivity contribution < 1.29 is 0 Å². The number of hydrogen-bond acceptors (Lipinski definition) is 2. The third-order valence-corrected chi connectivity index (χ3v) is 3.36. The fourth-order valence-corrected chi connectivity index (χ4v) is 2.17. The summed E-state index contributed by atoms with van der Waals surface area (Å²) in [6, 6.07) is 10.1. The molecular weight excluding hydrogens is 276 g/mol. The zero-order chi connectivity index (χ0) is 12.4. The lowest BCUT2D eigenvalue weighted by molar-refractivity contribution is 0.850. The number of pyridine rings is 1. The molecule has 2 nitrogen and oxygen atoms in total. The van der Waals surface area contributed by atoms with E-state index in [0.717, 1.165) is 21.3 Å². The van der Waals surface area contributed by atoms with Crippen LogP contribution in [0.1, 0.15) is 28.4 Å². The van der Waals surface area contributed by atoms with Gasteiger partial charge in [-0.2, -0.15) is 0 Å². The molecule has 0 spiro atoms. The molecule has 0 aliphatic heterocycles. The van der Waals surface area contributed by atoms with Crippen molar-refractivity contribution in [2.24, 2.45) is 5.73 Å². The minimum absolute atomic E-state index is 0.124. The molecule has 88 valence electrons. The van der Waals surface area contributed by atoms with E-state index >= 15 is 0 Å². The molecule has 17 heavy (non-hydrogen) atoms. The first kappa shape index (κ1) is 12.3. The van der Waals surface area contributed by atoms with E-state index in [1.807, 2.05) is 31.3 Å². The highest BCUT2D eigenvalue weighted by atomic mass is 79.9. The molecule has 2 aromatic rings. The zero-order valence-corrected chi connectivity index (χ0v) is 11.5. The largest absolute Gasteiger partial charge is 0.320 e. The van der Waals surface area contributed by atoms with Gasteiger partial charge in [-0.3, -0.25) is 4.98 Å². The molecule has 1 aromatic heterocycles. The summed E-state index contributed by atoms with van der Waals surface area (Å²) in [7, 11) is 0. The number of rotatable bonds is 2. The van der Waals surface area contributed by atoms with Crippen molar-refractivity contribution in [2.45, 2.75) is 19.9 Å². The number of halogens is 1. The predicted octanol–water partition coefficient (Wildman–Crippen LogP) is 3.51. The number of nitrogens with zero attached hydrogens (tertiary/aromatic N) is 1. The summed E-state index contributed by atoms with van der Waals surface area (Å²) in [6.45, 7) is 4.04. The third-order valence-electron chi connectivity index (χ3n) is 2.87. The summed E-state index contributed by atoms with van der Waals surface area (Å²) in [5.41, 5.74) is 10.6. The van der Waals surface area contributed by atoms with Crippen molar-refractivity contribution in [3.63, 3.8) is 0 Å². The molecule has 0 bridgehead atoms. The highest BCUT2D eigenvalue weighted by molar-refractivity contribution is 9.10. The van der Waals surface area contributed by atoms with Crippen LogP contribution in [0.4, 0.5) is 0 Å². The fourth-order valence-electron chi connectivity index (χ4n) is 1.79. The maximum absolute atomic E-state index is 6.28. The Morgan fingerprint density at radius 1 is 1.18 bits per heavy atom. The minimum Gasteiger partial charge on any atom is -0.320 e. The van der Waals surface area contributed by atoms with Crippen LogP contribution in [0.15, 0.2) is 41.0 Å². The Labute approximate surface area is 110 Å². The van der Waals surface area contributed by atoms with Gasteiger partial charge < -0.3 is 5.73 Å². The molecule has 2 rings (SSSR count). The van der Waals surface area contributed by atoms with Gasteiger partial charge in [0.25, 0.3) is 0 Å². The number of benzene rings is 1. The van der Waals surface area contributed by atoms with E-state index in [2.05, 4.69) is 40.0 Å². The van der Waals surface area contributed by atoms with Crippen molar-refractivity contribution >= 4 is 15.9 Å². The molecule has 2 N–H and O–H groups in total. The molecule has 0 saturated heterocycles. The molecule has 0 saturated carbocycles. The first-order chi connectivity index (χ1) is 8.08. The van der Waals surface area contributed by atoms with Gasteiger partial charge in [0.05, 0.1) is 6.04 Å². The Morgan fingerprint density at radius 2 is 1.94 bits per heavy atom. The van der Waals surface area contributed by atoms with Gasteiger partial charge in [0.1, 0.15) is 0 Å². The van der Waals surface area contributed by atoms with Gasteiger partial charge in [-0.05, 0) is 48.7 Å². The standard InChI is InChI=1S/C14H15BrN2/c1-9-3-6-12(15)7-13(9)14(16)11-5-4-10(2)17-8-11/h3-8,14H,16H2,1-2H3. The molecule has 1 unspecified atom stereocenters. The van der Waals surface area contributed by atoms with Crippen LogP contribution in [0.3, 0.4) is 0 Å². The summed E-state index contributed by atoms with van der Waals surface area (Å²) in [5.74, 6) is 0. The molecule has 0 radical (unpaired) electrons. The molecule has 0 aliphatic rings. The van der Waals surface area contributed by atoms with Crippen molar-refractivity contribution in [2.75, 3.05) is 0 Å². The first-order valence-electron chi connectivity index (χ1n) is 5.52. The van der Waals surface area contributed by atoms with E-state index in [0.29, 0.717) is 0 Å². The number of aromatic nitrogens is 1. The van der Waals surface area contributed by atoms with Gasteiger partial charge in [-0.15, -0.1) is 0 Å². The summed E-state index contributed by atoms with van der Waals surface area (Å²) in [5, 5.41) is 0. The second kappa shape index (κ2) is 4.98. The highest BCUT2D eigenvalue weighted by Gasteiger charge is 2.12. The Kier molecular flexibility index (Phi) is 3.60. The van der Waals surface area contributed by atoms with Crippen LogP contribution in [0.25, 0.3) is 0 Å². The molecule has 0 aliphatic carbocycles. The number of hydrogen-bond donors (Lipinski definition) is 1. The van der Waals surface area contributed by atoms with Gasteiger partial charge >= 0.3 is 0 Å². The molecule has 1 atom stereocenters. The molecule has 1 aromatic carbocycles. The van der Waals surface area contributed by atoms with Gasteiger partial charge in [-0.25, -0.2) is 0 Å². The van der Waals surface area contributed by atoms with Crippen LogP contribution in [-0.4, -0.2) is 4.98 Å². The summed E-state index contributed by atoms with van der Waals surface area (Å²) >= 11 is 3.48. The van der Waals surface area contributed by atoms with Crippen molar-refractivity contribution in [3.8, 4) is 0 Å². The van der Waals surface area contributed by atoms with E-state index < -0.39 is 0 Å². The Bertz CT molecular complexity index is 520. The maximum Gasteiger partial charge on any atom is 0.0569 e. The Morgan fingerprint density at radius 3 is 2.59 bits per heavy atom. The summed E-state index contributed by atoms with van der Waals surface area (Å²) < 4.78 is 1.05. The number of nitrogens with two attached hydrogens (primary N) is 1. The third kappa shape index (κ3) is 2.73. The van der Waals surface area contributed by atoms with Crippen LogP contribution in [0.5, 0.6) is 0 Å². The van der Waals surface area contributed by atoms with E-state index in [4.69, 9.17) is 5.73 Å². The number of aryl methyl sites for hydroxylation is 2. The average molecular weight is 291 g/mol. The van der Waals surface area contributed by atoms with Crippen molar-refractivity contribution in [3.05, 3.63) is 63.4 Å². The predicted molar refractivity (Wildman–Crippen MR) is 73.9 cm³/mol. The van der Waals surface area contributed by atoms with Crippen LogP contribution < -0.4 is 5.73 Å². The maximum atomic E-state index is 6.28. The van der Waals surface area contributed by atoms with Crippen LogP contribution in [0, 0.1) is 13.8 Å². The lowest BCUT2D eigenvalue weighted by Crippen LogP contribution is -2.13. The van der Waals surface area contributed by atoms with Gasteiger partial charge in [0.2, 0.25) is 0 Å². The monoisotopic (exact) mass is 290 g/mol. The van der Waals surface area contributed by atoms with Gasteiger partial charge in [-0.1, -0.05) is 28.1 Å². The van der Waals surface area contributed by atoms with Crippen molar-refractivity contribution in [1.82, 2.24) is 4.98 Å². The summed E-state index contributed by atoms with van der Waals surface area (Å²) in [6.07, 6.45) is 1.85. The van der Waals surface area contributed by atoms with Crippen LogP contribution in [0.2, 0.25) is 0 Å². The molecule has 0 fully saturated rings. The summed E-state index contributed by atoms with van der Waals surface area (Å²) in [4.78, 5) is 4.29. The average Bonchev–Trinajstić information content (AvgIpc) is 2.32. The molecule has 1 heterocycles. The first-order valence-corrected chi connectivity index (χ1v) is 6.31. The van der Waals surface area contributed by atoms with Gasteiger partial charge in [0, 0.05) is 16.4 Å². The Balaban J connectivity index is 2.39. The smallest absolute Gasteiger partial charge is 0.0569 e. The quantitative estimate of drug-likeness (QED) is 0.919. The van der Waals surface area contributed by atoms with Crippen molar-refractivity contribution in [1.29, 1.82) is 0 Å². The molecular formula is C14H15BrN2. The topological polar surface area (TPSA) is 38.9 Å². The molecule has 3 heteroatoms. The van der Waals surface area contributed by atoms with E-state index in [1.165, 1.54) is 5.56 Å². The fraction of sp³-hybridized carbons (Fsp3) is 0.214. The highest BCUT2D eigenvalue weighted by Crippen LogP contribution is 2.25. The van der Waals surface area contributed by atoms with Crippen LogP contribution in [-0.2, 0) is 0 Å². The lowest BCUT2D eigenvalue weighted by Gasteiger charge is -2.15. The van der Waals surface area contributed by atoms with E-state index in [9.17, 15) is 0 Å². The van der Waals surface area contributed by atoms with Crippen LogP contribution >= 0.6 is 15.9 Å². The second-order valence-corrected chi connectivity index (χ2v) is 5.13. The van der Waals surface area contributed by atoms with E-state index in [-0.39, 0.29) is 6.04 Å². The van der Waals surface area contributed by atoms with E-state index in [1.54, 1.807) is 0 Å². The normalized spacial score (nSPS) is 12.5. The zero-order valence-electron chi connectivity index (χ0n) is 9.94. The Hall–Kier alpha value is -1.19. The second-order valence-electron chi connectivity index (χ2n) is 4.21. The lowest BCUT2D eigenvalue weighted by atomic mass is 9.97. The SMILES string of the molecule is Cc1ccc(C(N)c2cc(Br)ccc2C)cn1. The van der Waals surface area contributed by atoms with Gasteiger partial charge in [0.15, 0.2) is 0 Å². The minimum atomic E-state index is -0.124.